The van der Waals surface area contributed by atoms with Crippen LogP contribution in [0.2, 0.25) is 0 Å². The molecule has 0 aliphatic heterocycles. The van der Waals surface area contributed by atoms with Crippen LogP contribution in [0.15, 0.2) is 29.2 Å². The van der Waals surface area contributed by atoms with Crippen molar-refractivity contribution in [3.63, 3.8) is 0 Å². The molecule has 0 fully saturated rings. The smallest absolute Gasteiger partial charge is 0.155 e. The molecule has 6 nitrogen and oxygen atoms in total. The van der Waals surface area contributed by atoms with Crippen LogP contribution in [0.3, 0.4) is 0 Å². The molecule has 0 radical (unpaired) electrons. The minimum Gasteiger partial charge on any atom is -0.369 e. The van der Waals surface area contributed by atoms with E-state index in [0.29, 0.717) is 12.4 Å². The summed E-state index contributed by atoms with van der Waals surface area (Å²) in [5.41, 5.74) is 0. The van der Waals surface area contributed by atoms with Gasteiger partial charge in [-0.05, 0) is 6.42 Å². The van der Waals surface area contributed by atoms with Crippen LogP contribution >= 0.6 is 0 Å². The van der Waals surface area contributed by atoms with Crippen molar-refractivity contribution in [1.82, 2.24) is 15.1 Å². The van der Waals surface area contributed by atoms with Crippen molar-refractivity contribution in [2.75, 3.05) is 17.2 Å². The van der Waals surface area contributed by atoms with Crippen molar-refractivity contribution in [3.8, 4) is 0 Å². The Morgan fingerprint density at radius 2 is 2.06 bits per heavy atom. The maximum absolute atomic E-state index is 4.97. The highest BCUT2D eigenvalue weighted by Crippen LogP contribution is 2.08. The van der Waals surface area contributed by atoms with Gasteiger partial charge in [-0.25, -0.2) is 4.98 Å². The SMILES string of the molecule is CCCNc1cncc(NCc2ccno2)n1. The molecule has 0 aliphatic carbocycles. The molecule has 0 unspecified atom stereocenters. The van der Waals surface area contributed by atoms with E-state index in [1.165, 1.54) is 0 Å². The molecular formula is C11H15N5O. The first-order valence-corrected chi connectivity index (χ1v) is 5.58. The maximum Gasteiger partial charge on any atom is 0.155 e. The van der Waals surface area contributed by atoms with E-state index in [9.17, 15) is 0 Å². The van der Waals surface area contributed by atoms with Crippen molar-refractivity contribution in [3.05, 3.63) is 30.4 Å². The third-order valence-electron chi connectivity index (χ3n) is 2.13. The van der Waals surface area contributed by atoms with Gasteiger partial charge in [0.1, 0.15) is 11.6 Å². The summed E-state index contributed by atoms with van der Waals surface area (Å²) in [4.78, 5) is 8.47. The summed E-state index contributed by atoms with van der Waals surface area (Å²) in [6.45, 7) is 3.54. The highest BCUT2D eigenvalue weighted by atomic mass is 16.5. The minimum absolute atomic E-state index is 0.548. The fourth-order valence-electron chi connectivity index (χ4n) is 1.30. The lowest BCUT2D eigenvalue weighted by Gasteiger charge is -2.06. The summed E-state index contributed by atoms with van der Waals surface area (Å²) < 4.78 is 4.97. The lowest BCUT2D eigenvalue weighted by molar-refractivity contribution is 0.388. The first-order chi connectivity index (χ1) is 8.38. The van der Waals surface area contributed by atoms with Crippen molar-refractivity contribution in [2.45, 2.75) is 19.9 Å². The van der Waals surface area contributed by atoms with Gasteiger partial charge in [0.25, 0.3) is 0 Å². The second-order valence-corrected chi connectivity index (χ2v) is 3.55. The van der Waals surface area contributed by atoms with Gasteiger partial charge in [-0.15, -0.1) is 0 Å². The van der Waals surface area contributed by atoms with E-state index in [4.69, 9.17) is 4.52 Å². The Morgan fingerprint density at radius 1 is 1.24 bits per heavy atom. The Morgan fingerprint density at radius 3 is 2.76 bits per heavy atom. The second-order valence-electron chi connectivity index (χ2n) is 3.55. The number of nitrogens with zero attached hydrogens (tertiary/aromatic N) is 3. The molecule has 0 aliphatic rings. The van der Waals surface area contributed by atoms with Gasteiger partial charge < -0.3 is 15.2 Å². The van der Waals surface area contributed by atoms with E-state index in [2.05, 4.69) is 32.7 Å². The highest BCUT2D eigenvalue weighted by Gasteiger charge is 2.00. The molecule has 0 saturated heterocycles. The minimum atomic E-state index is 0.548. The number of aromatic nitrogens is 3. The van der Waals surface area contributed by atoms with Crippen LogP contribution in [0.25, 0.3) is 0 Å². The van der Waals surface area contributed by atoms with E-state index in [1.807, 2.05) is 0 Å². The molecular weight excluding hydrogens is 218 g/mol. The van der Waals surface area contributed by atoms with E-state index >= 15 is 0 Å². The lowest BCUT2D eigenvalue weighted by atomic mass is 10.4. The summed E-state index contributed by atoms with van der Waals surface area (Å²) >= 11 is 0. The number of hydrogen-bond donors (Lipinski definition) is 2. The zero-order valence-electron chi connectivity index (χ0n) is 9.68. The molecule has 17 heavy (non-hydrogen) atoms. The highest BCUT2D eigenvalue weighted by molar-refractivity contribution is 5.41. The summed E-state index contributed by atoms with van der Waals surface area (Å²) in [5, 5.41) is 9.92. The lowest BCUT2D eigenvalue weighted by Crippen LogP contribution is -2.06. The van der Waals surface area contributed by atoms with Crippen LogP contribution in [0.1, 0.15) is 19.1 Å². The van der Waals surface area contributed by atoms with Gasteiger partial charge >= 0.3 is 0 Å². The maximum atomic E-state index is 4.97. The standard InChI is InChI=1S/C11H15N5O/c1-2-4-13-10-7-12-8-11(16-10)14-6-9-3-5-15-17-9/h3,5,7-8H,2,4,6H2,1H3,(H2,13,14,16). The van der Waals surface area contributed by atoms with Crippen LogP contribution in [0, 0.1) is 0 Å². The first kappa shape index (κ1) is 11.4. The van der Waals surface area contributed by atoms with Crippen molar-refractivity contribution in [1.29, 1.82) is 0 Å². The molecule has 6 heteroatoms. The third kappa shape index (κ3) is 3.44. The summed E-state index contributed by atoms with van der Waals surface area (Å²) in [6, 6.07) is 1.81. The molecule has 2 heterocycles. The third-order valence-corrected chi connectivity index (χ3v) is 2.13. The van der Waals surface area contributed by atoms with Crippen LogP contribution in [-0.2, 0) is 6.54 Å². The van der Waals surface area contributed by atoms with Gasteiger partial charge in [-0.1, -0.05) is 12.1 Å². The fourth-order valence-corrected chi connectivity index (χ4v) is 1.30. The fraction of sp³-hybridized carbons (Fsp3) is 0.364. The van der Waals surface area contributed by atoms with Gasteiger partial charge in [-0.3, -0.25) is 4.98 Å². The van der Waals surface area contributed by atoms with Gasteiger partial charge in [0.2, 0.25) is 0 Å². The van der Waals surface area contributed by atoms with Crippen LogP contribution in [-0.4, -0.2) is 21.7 Å². The normalized spacial score (nSPS) is 10.2. The average Bonchev–Trinajstić information content (AvgIpc) is 2.87. The average molecular weight is 233 g/mol. The molecule has 0 aromatic carbocycles. The predicted octanol–water partition coefficient (Wildman–Crippen LogP) is 1.90. The van der Waals surface area contributed by atoms with Crippen LogP contribution < -0.4 is 10.6 Å². The van der Waals surface area contributed by atoms with E-state index in [0.717, 1.165) is 24.5 Å². The number of anilines is 2. The van der Waals surface area contributed by atoms with Gasteiger partial charge in [0.15, 0.2) is 5.76 Å². The predicted molar refractivity (Wildman–Crippen MR) is 64.6 cm³/mol. The Labute approximate surface area is 99.5 Å². The molecule has 0 spiro atoms. The van der Waals surface area contributed by atoms with Crippen molar-refractivity contribution in [2.24, 2.45) is 0 Å². The molecule has 0 bridgehead atoms. The van der Waals surface area contributed by atoms with Crippen LogP contribution in [0.4, 0.5) is 11.6 Å². The zero-order chi connectivity index (χ0) is 11.9. The number of nitrogens with one attached hydrogen (secondary N) is 2. The number of hydrogen-bond acceptors (Lipinski definition) is 6. The Balaban J connectivity index is 1.91. The van der Waals surface area contributed by atoms with E-state index in [-0.39, 0.29) is 0 Å². The van der Waals surface area contributed by atoms with Crippen LogP contribution in [0.5, 0.6) is 0 Å². The molecule has 0 atom stereocenters. The zero-order valence-corrected chi connectivity index (χ0v) is 9.68. The molecule has 90 valence electrons. The molecule has 2 aromatic heterocycles. The topological polar surface area (TPSA) is 75.9 Å². The van der Waals surface area contributed by atoms with Gasteiger partial charge in [0, 0.05) is 12.6 Å². The van der Waals surface area contributed by atoms with Crippen molar-refractivity contribution >= 4 is 11.6 Å². The van der Waals surface area contributed by atoms with Gasteiger partial charge in [-0.2, -0.15) is 0 Å². The Kier molecular flexibility index (Phi) is 3.90. The number of rotatable bonds is 6. The van der Waals surface area contributed by atoms with E-state index < -0.39 is 0 Å². The monoisotopic (exact) mass is 233 g/mol. The molecule has 2 rings (SSSR count). The molecule has 2 aromatic rings. The Bertz CT molecular complexity index is 443. The summed E-state index contributed by atoms with van der Waals surface area (Å²) in [6.07, 6.45) is 6.04. The molecule has 2 N–H and O–H groups in total. The van der Waals surface area contributed by atoms with E-state index in [1.54, 1.807) is 24.7 Å². The summed E-state index contributed by atoms with van der Waals surface area (Å²) in [5.74, 6) is 2.25. The quantitative estimate of drug-likeness (QED) is 0.793. The Hall–Kier alpha value is -2.11. The summed E-state index contributed by atoms with van der Waals surface area (Å²) in [7, 11) is 0. The van der Waals surface area contributed by atoms with Gasteiger partial charge in [0.05, 0.1) is 25.1 Å². The largest absolute Gasteiger partial charge is 0.369 e. The van der Waals surface area contributed by atoms with Crippen molar-refractivity contribution < 1.29 is 4.52 Å². The second kappa shape index (κ2) is 5.83. The molecule has 0 amide bonds. The first-order valence-electron chi connectivity index (χ1n) is 5.58. The molecule has 0 saturated carbocycles.